The third kappa shape index (κ3) is 3.67. The maximum absolute atomic E-state index is 11.3. The molecule has 0 aromatic rings. The first kappa shape index (κ1) is 12.3. The third-order valence-electron chi connectivity index (χ3n) is 1.69. The summed E-state index contributed by atoms with van der Waals surface area (Å²) in [6.45, 7) is 4.65. The Labute approximate surface area is 82.1 Å². The van der Waals surface area contributed by atoms with Crippen LogP contribution in [-0.4, -0.2) is 34.0 Å². The van der Waals surface area contributed by atoms with Crippen molar-refractivity contribution in [1.82, 2.24) is 5.32 Å². The maximum Gasteiger partial charge on any atom is 0.328 e. The molecule has 0 aliphatic carbocycles. The topological polar surface area (TPSA) is 66.4 Å². The zero-order valence-electron chi connectivity index (χ0n) is 8.25. The molecule has 0 saturated heterocycles. The fraction of sp³-hybridized carbons (Fsp3) is 0.750. The normalized spacial score (nSPS) is 13.5. The number of rotatable bonds is 4. The molecule has 13 heavy (non-hydrogen) atoms. The van der Waals surface area contributed by atoms with Crippen molar-refractivity contribution in [3.05, 3.63) is 0 Å². The lowest BCUT2D eigenvalue weighted by Crippen LogP contribution is -2.51. The zero-order valence-corrected chi connectivity index (χ0v) is 9.07. The lowest BCUT2D eigenvalue weighted by Gasteiger charge is -2.22. The van der Waals surface area contributed by atoms with Crippen LogP contribution in [0, 0.1) is 0 Å². The van der Waals surface area contributed by atoms with Crippen molar-refractivity contribution in [1.29, 1.82) is 0 Å². The summed E-state index contributed by atoms with van der Waals surface area (Å²) in [4.78, 5) is 21.9. The third-order valence-corrected chi connectivity index (χ3v) is 2.61. The summed E-state index contributed by atoms with van der Waals surface area (Å²) in [5.74, 6) is -1.28. The molecule has 0 saturated carbocycles. The molecule has 2 N–H and O–H groups in total. The molecule has 0 spiro atoms. The van der Waals surface area contributed by atoms with Gasteiger partial charge >= 0.3 is 5.97 Å². The van der Waals surface area contributed by atoms with E-state index in [0.29, 0.717) is 0 Å². The molecule has 1 unspecified atom stereocenters. The Balaban J connectivity index is 4.28. The van der Waals surface area contributed by atoms with Gasteiger partial charge in [0.25, 0.3) is 0 Å². The van der Waals surface area contributed by atoms with Crippen LogP contribution in [-0.2, 0) is 9.59 Å². The van der Waals surface area contributed by atoms with Crippen LogP contribution < -0.4 is 5.32 Å². The van der Waals surface area contributed by atoms with E-state index in [-0.39, 0.29) is 11.2 Å². The van der Waals surface area contributed by atoms with Gasteiger partial charge in [-0.15, -0.1) is 0 Å². The van der Waals surface area contributed by atoms with E-state index in [9.17, 15) is 9.59 Å². The van der Waals surface area contributed by atoms with Gasteiger partial charge in [-0.05, 0) is 27.0 Å². The number of aliphatic carboxylic acids is 1. The number of nitrogens with one attached hydrogen (secondary N) is 1. The molecule has 0 aromatic carbocycles. The molecule has 5 heteroatoms. The number of hydrogen-bond donors (Lipinski definition) is 2. The maximum atomic E-state index is 11.3. The van der Waals surface area contributed by atoms with E-state index in [1.165, 1.54) is 25.6 Å². The first-order valence-electron chi connectivity index (χ1n) is 3.89. The molecule has 0 rings (SSSR count). The van der Waals surface area contributed by atoms with Crippen LogP contribution in [0.5, 0.6) is 0 Å². The lowest BCUT2D eigenvalue weighted by atomic mass is 10.1. The highest BCUT2D eigenvalue weighted by atomic mass is 32.2. The van der Waals surface area contributed by atoms with Crippen LogP contribution >= 0.6 is 11.8 Å². The predicted molar refractivity (Wildman–Crippen MR) is 52.8 cm³/mol. The van der Waals surface area contributed by atoms with Crippen LogP contribution in [0.1, 0.15) is 20.8 Å². The second-order valence-electron chi connectivity index (χ2n) is 3.30. The Bertz CT molecular complexity index is 215. The molecule has 1 atom stereocenters. The molecule has 0 fully saturated rings. The SMILES string of the molecule is CSC(C)C(=O)NC(C)(C)C(=O)O. The highest BCUT2D eigenvalue weighted by Crippen LogP contribution is 2.08. The fourth-order valence-electron chi connectivity index (χ4n) is 0.570. The van der Waals surface area contributed by atoms with Crippen LogP contribution in [0.4, 0.5) is 0 Å². The molecule has 0 radical (unpaired) electrons. The largest absolute Gasteiger partial charge is 0.480 e. The van der Waals surface area contributed by atoms with Crippen molar-refractivity contribution in [3.8, 4) is 0 Å². The van der Waals surface area contributed by atoms with Gasteiger partial charge in [0.2, 0.25) is 5.91 Å². The monoisotopic (exact) mass is 205 g/mol. The van der Waals surface area contributed by atoms with Crippen LogP contribution in [0.15, 0.2) is 0 Å². The van der Waals surface area contributed by atoms with E-state index < -0.39 is 11.5 Å². The summed E-state index contributed by atoms with van der Waals surface area (Å²) in [6, 6.07) is 0. The van der Waals surface area contributed by atoms with E-state index >= 15 is 0 Å². The molecule has 4 nitrogen and oxygen atoms in total. The molecule has 0 aromatic heterocycles. The van der Waals surface area contributed by atoms with Gasteiger partial charge in [0.05, 0.1) is 5.25 Å². The number of carboxylic acids is 1. The molecule has 76 valence electrons. The van der Waals surface area contributed by atoms with E-state index in [0.717, 1.165) is 0 Å². The van der Waals surface area contributed by atoms with E-state index in [4.69, 9.17) is 5.11 Å². The van der Waals surface area contributed by atoms with Crippen LogP contribution in [0.3, 0.4) is 0 Å². The minimum absolute atomic E-state index is 0.223. The fourth-order valence-corrected chi connectivity index (χ4v) is 0.843. The van der Waals surface area contributed by atoms with E-state index in [1.807, 2.05) is 0 Å². The van der Waals surface area contributed by atoms with Crippen molar-refractivity contribution < 1.29 is 14.7 Å². The van der Waals surface area contributed by atoms with Gasteiger partial charge in [-0.25, -0.2) is 4.79 Å². The highest BCUT2D eigenvalue weighted by Gasteiger charge is 2.30. The minimum atomic E-state index is -1.19. The van der Waals surface area contributed by atoms with Gasteiger partial charge in [-0.2, -0.15) is 11.8 Å². The lowest BCUT2D eigenvalue weighted by molar-refractivity contribution is -0.145. The summed E-state index contributed by atoms with van der Waals surface area (Å²) >= 11 is 1.38. The number of amides is 1. The Morgan fingerprint density at radius 1 is 1.46 bits per heavy atom. The molecular formula is C8H15NO3S. The Morgan fingerprint density at radius 3 is 2.23 bits per heavy atom. The molecule has 1 amide bonds. The first-order valence-corrected chi connectivity index (χ1v) is 5.18. The standard InChI is InChI=1S/C8H15NO3S/c1-5(13-4)6(10)9-8(2,3)7(11)12/h5H,1-4H3,(H,9,10)(H,11,12). The van der Waals surface area contributed by atoms with Crippen molar-refractivity contribution in [2.24, 2.45) is 0 Å². The molecular weight excluding hydrogens is 190 g/mol. The molecule has 0 aliphatic rings. The minimum Gasteiger partial charge on any atom is -0.480 e. The number of carboxylic acid groups (broad SMARTS) is 1. The second kappa shape index (κ2) is 4.50. The van der Waals surface area contributed by atoms with Crippen molar-refractivity contribution in [2.75, 3.05) is 6.26 Å². The second-order valence-corrected chi connectivity index (χ2v) is 4.48. The van der Waals surface area contributed by atoms with E-state index in [2.05, 4.69) is 5.32 Å². The molecule has 0 bridgehead atoms. The number of hydrogen-bond acceptors (Lipinski definition) is 3. The summed E-state index contributed by atoms with van der Waals surface area (Å²) in [5, 5.41) is 10.9. The first-order chi connectivity index (χ1) is 5.81. The predicted octanol–water partition coefficient (Wildman–Crippen LogP) is 0.717. The average Bonchev–Trinajstić information content (AvgIpc) is 2.01. The van der Waals surface area contributed by atoms with Gasteiger partial charge in [0.15, 0.2) is 0 Å². The summed E-state index contributed by atoms with van der Waals surface area (Å²) in [7, 11) is 0. The van der Waals surface area contributed by atoms with Crippen molar-refractivity contribution >= 4 is 23.6 Å². The Kier molecular flexibility index (Phi) is 4.26. The molecule has 0 aliphatic heterocycles. The highest BCUT2D eigenvalue weighted by molar-refractivity contribution is 7.99. The van der Waals surface area contributed by atoms with Gasteiger partial charge in [0, 0.05) is 0 Å². The van der Waals surface area contributed by atoms with Crippen LogP contribution in [0.25, 0.3) is 0 Å². The van der Waals surface area contributed by atoms with Gasteiger partial charge < -0.3 is 10.4 Å². The number of carbonyl (C=O) groups is 2. The van der Waals surface area contributed by atoms with Crippen molar-refractivity contribution in [3.63, 3.8) is 0 Å². The zero-order chi connectivity index (χ0) is 10.6. The Morgan fingerprint density at radius 2 is 1.92 bits per heavy atom. The summed E-state index contributed by atoms with van der Waals surface area (Å²) < 4.78 is 0. The van der Waals surface area contributed by atoms with E-state index in [1.54, 1.807) is 13.2 Å². The number of thioether (sulfide) groups is 1. The van der Waals surface area contributed by atoms with Gasteiger partial charge in [0.1, 0.15) is 5.54 Å². The van der Waals surface area contributed by atoms with Crippen molar-refractivity contribution in [2.45, 2.75) is 31.6 Å². The van der Waals surface area contributed by atoms with Crippen LogP contribution in [0.2, 0.25) is 0 Å². The average molecular weight is 205 g/mol. The van der Waals surface area contributed by atoms with Gasteiger partial charge in [-0.3, -0.25) is 4.79 Å². The Hall–Kier alpha value is -0.710. The quantitative estimate of drug-likeness (QED) is 0.709. The summed E-state index contributed by atoms with van der Waals surface area (Å²) in [6.07, 6.45) is 1.80. The molecule has 0 heterocycles. The number of carbonyl (C=O) groups excluding carboxylic acids is 1. The van der Waals surface area contributed by atoms with Gasteiger partial charge in [-0.1, -0.05) is 0 Å². The smallest absolute Gasteiger partial charge is 0.328 e. The summed E-state index contributed by atoms with van der Waals surface area (Å²) in [5.41, 5.74) is -1.19.